The van der Waals surface area contributed by atoms with Gasteiger partial charge in [-0.2, -0.15) is 0 Å². The molecule has 2 aromatic carbocycles. The highest BCUT2D eigenvalue weighted by molar-refractivity contribution is 9.10. The number of methoxy groups -OCH3 is 1. The number of benzene rings is 2. The lowest BCUT2D eigenvalue weighted by molar-refractivity contribution is -0.118. The number of para-hydroxylation sites is 1. The summed E-state index contributed by atoms with van der Waals surface area (Å²) in [5.74, 6) is -1.09. The second kappa shape index (κ2) is 7.73. The summed E-state index contributed by atoms with van der Waals surface area (Å²) in [5.41, 5.74) is 0.567. The van der Waals surface area contributed by atoms with Crippen LogP contribution in [0.15, 0.2) is 46.9 Å². The van der Waals surface area contributed by atoms with Gasteiger partial charge in [0.1, 0.15) is 11.6 Å². The summed E-state index contributed by atoms with van der Waals surface area (Å²) in [7, 11) is 1.26. The van der Waals surface area contributed by atoms with E-state index in [-0.39, 0.29) is 12.2 Å². The van der Waals surface area contributed by atoms with Crippen molar-refractivity contribution in [2.45, 2.75) is 0 Å². The van der Waals surface area contributed by atoms with E-state index in [2.05, 4.69) is 26.0 Å². The van der Waals surface area contributed by atoms with Gasteiger partial charge in [0.15, 0.2) is 6.61 Å². The minimum Gasteiger partial charge on any atom is -0.483 e. The first-order chi connectivity index (χ1) is 11.0. The zero-order valence-electron chi connectivity index (χ0n) is 12.1. The van der Waals surface area contributed by atoms with Crippen LogP contribution in [-0.2, 0) is 9.53 Å². The van der Waals surface area contributed by atoms with Crippen LogP contribution in [0.1, 0.15) is 10.4 Å². The Balaban J connectivity index is 2.01. The predicted octanol–water partition coefficient (Wildman–Crippen LogP) is 3.39. The molecular formula is C16H13BrFNO4. The summed E-state index contributed by atoms with van der Waals surface area (Å²) in [6.07, 6.45) is 0. The monoisotopic (exact) mass is 381 g/mol. The van der Waals surface area contributed by atoms with Gasteiger partial charge in [-0.3, -0.25) is 4.79 Å². The summed E-state index contributed by atoms with van der Waals surface area (Å²) in [4.78, 5) is 23.6. The fourth-order valence-electron chi connectivity index (χ4n) is 1.80. The van der Waals surface area contributed by atoms with Gasteiger partial charge in [0.05, 0.1) is 22.8 Å². The molecule has 23 heavy (non-hydrogen) atoms. The first-order valence-corrected chi connectivity index (χ1v) is 7.35. The fraction of sp³-hybridized carbons (Fsp3) is 0.125. The number of hydrogen-bond donors (Lipinski definition) is 1. The van der Waals surface area contributed by atoms with Gasteiger partial charge in [-0.1, -0.05) is 12.1 Å². The Kier molecular flexibility index (Phi) is 5.70. The van der Waals surface area contributed by atoms with Gasteiger partial charge in [-0.25, -0.2) is 9.18 Å². The van der Waals surface area contributed by atoms with Gasteiger partial charge in [0, 0.05) is 0 Å². The lowest BCUT2D eigenvalue weighted by Gasteiger charge is -2.11. The molecule has 0 atom stereocenters. The second-order valence-electron chi connectivity index (χ2n) is 4.45. The van der Waals surface area contributed by atoms with Crippen molar-refractivity contribution in [3.8, 4) is 5.75 Å². The van der Waals surface area contributed by atoms with E-state index in [1.54, 1.807) is 24.3 Å². The molecular weight excluding hydrogens is 369 g/mol. The van der Waals surface area contributed by atoms with Crippen LogP contribution in [0.5, 0.6) is 5.75 Å². The Morgan fingerprint density at radius 2 is 1.96 bits per heavy atom. The number of carbonyl (C=O) groups excluding carboxylic acids is 2. The molecule has 2 rings (SSSR count). The maximum atomic E-state index is 13.0. The minimum absolute atomic E-state index is 0.242. The van der Waals surface area contributed by atoms with Crippen molar-refractivity contribution in [2.24, 2.45) is 0 Å². The predicted molar refractivity (Wildman–Crippen MR) is 86.0 cm³/mol. The Hall–Kier alpha value is -2.41. The summed E-state index contributed by atoms with van der Waals surface area (Å²) in [6.45, 7) is -0.292. The number of ether oxygens (including phenoxy) is 2. The van der Waals surface area contributed by atoms with Gasteiger partial charge in [0.25, 0.3) is 5.91 Å². The Labute approximate surface area is 140 Å². The average molecular weight is 382 g/mol. The van der Waals surface area contributed by atoms with E-state index in [1.165, 1.54) is 25.3 Å². The van der Waals surface area contributed by atoms with Crippen molar-refractivity contribution in [1.29, 1.82) is 0 Å². The molecule has 0 aliphatic rings. The number of rotatable bonds is 5. The van der Waals surface area contributed by atoms with Crippen LogP contribution in [-0.4, -0.2) is 25.6 Å². The van der Waals surface area contributed by atoms with Crippen LogP contribution in [0.3, 0.4) is 0 Å². The van der Waals surface area contributed by atoms with Crippen molar-refractivity contribution in [3.63, 3.8) is 0 Å². The van der Waals surface area contributed by atoms with Crippen molar-refractivity contribution >= 4 is 33.5 Å². The highest BCUT2D eigenvalue weighted by atomic mass is 79.9. The number of hydrogen-bond acceptors (Lipinski definition) is 4. The molecule has 0 saturated carbocycles. The molecule has 0 fully saturated rings. The summed E-state index contributed by atoms with van der Waals surface area (Å²) < 4.78 is 23.3. The largest absolute Gasteiger partial charge is 0.483 e. The molecule has 120 valence electrons. The third-order valence-electron chi connectivity index (χ3n) is 2.86. The minimum atomic E-state index is -0.553. The van der Waals surface area contributed by atoms with Gasteiger partial charge >= 0.3 is 5.97 Å². The number of esters is 1. The molecule has 0 saturated heterocycles. The molecule has 0 aromatic heterocycles. The molecule has 0 radical (unpaired) electrons. The molecule has 5 nitrogen and oxygen atoms in total. The maximum absolute atomic E-state index is 13.0. The summed E-state index contributed by atoms with van der Waals surface area (Å²) in [6, 6.07) is 10.3. The zero-order valence-corrected chi connectivity index (χ0v) is 13.7. The highest BCUT2D eigenvalue weighted by Gasteiger charge is 2.14. The van der Waals surface area contributed by atoms with Crippen molar-refractivity contribution in [3.05, 3.63) is 58.3 Å². The number of nitrogens with one attached hydrogen (secondary N) is 1. The van der Waals surface area contributed by atoms with Crippen LogP contribution in [0.25, 0.3) is 0 Å². The van der Waals surface area contributed by atoms with Gasteiger partial charge in [-0.05, 0) is 46.3 Å². The van der Waals surface area contributed by atoms with E-state index in [4.69, 9.17) is 4.74 Å². The van der Waals surface area contributed by atoms with E-state index in [0.717, 1.165) is 0 Å². The average Bonchev–Trinajstić information content (AvgIpc) is 2.54. The first-order valence-electron chi connectivity index (χ1n) is 6.56. The molecule has 0 spiro atoms. The number of carbonyl (C=O) groups is 2. The lowest BCUT2D eigenvalue weighted by atomic mass is 10.2. The zero-order chi connectivity index (χ0) is 16.8. The summed E-state index contributed by atoms with van der Waals surface area (Å²) in [5, 5.41) is 2.57. The van der Waals surface area contributed by atoms with Crippen LogP contribution in [0.2, 0.25) is 0 Å². The molecule has 1 N–H and O–H groups in total. The first kappa shape index (κ1) is 17.0. The molecule has 1 amide bonds. The molecule has 0 heterocycles. The number of anilines is 1. The van der Waals surface area contributed by atoms with E-state index >= 15 is 0 Å². The third-order valence-corrected chi connectivity index (χ3v) is 3.48. The molecule has 7 heteroatoms. The Bertz CT molecular complexity index is 736. The standard InChI is InChI=1S/C16H13BrFNO4/c1-22-16(21)11-4-2-3-5-13(11)19-15(20)9-23-14-7-6-10(18)8-12(14)17/h2-8H,9H2,1H3,(H,19,20). The van der Waals surface area contributed by atoms with Gasteiger partial charge in [0.2, 0.25) is 0 Å². The lowest BCUT2D eigenvalue weighted by Crippen LogP contribution is -2.21. The molecule has 0 aliphatic carbocycles. The molecule has 0 aliphatic heterocycles. The number of halogens is 2. The van der Waals surface area contributed by atoms with Crippen molar-refractivity contribution in [1.82, 2.24) is 0 Å². The fourth-order valence-corrected chi connectivity index (χ4v) is 2.27. The smallest absolute Gasteiger partial charge is 0.339 e. The van der Waals surface area contributed by atoms with Crippen molar-refractivity contribution < 1.29 is 23.5 Å². The normalized spacial score (nSPS) is 10.0. The highest BCUT2D eigenvalue weighted by Crippen LogP contribution is 2.25. The van der Waals surface area contributed by atoms with Crippen LogP contribution in [0.4, 0.5) is 10.1 Å². The maximum Gasteiger partial charge on any atom is 0.339 e. The van der Waals surface area contributed by atoms with E-state index < -0.39 is 17.7 Å². The quantitative estimate of drug-likeness (QED) is 0.806. The van der Waals surface area contributed by atoms with E-state index in [1.807, 2.05) is 0 Å². The van der Waals surface area contributed by atoms with Crippen molar-refractivity contribution in [2.75, 3.05) is 19.0 Å². The van der Waals surface area contributed by atoms with Gasteiger partial charge in [-0.15, -0.1) is 0 Å². The topological polar surface area (TPSA) is 64.6 Å². The molecule has 0 bridgehead atoms. The molecule has 0 unspecified atom stereocenters. The molecule has 2 aromatic rings. The summed E-state index contributed by atoms with van der Waals surface area (Å²) >= 11 is 3.15. The second-order valence-corrected chi connectivity index (χ2v) is 5.30. The Morgan fingerprint density at radius 1 is 1.22 bits per heavy atom. The third kappa shape index (κ3) is 4.53. The van der Waals surface area contributed by atoms with E-state index in [0.29, 0.717) is 15.9 Å². The Morgan fingerprint density at radius 3 is 2.65 bits per heavy atom. The van der Waals surface area contributed by atoms with Gasteiger partial charge < -0.3 is 14.8 Å². The van der Waals surface area contributed by atoms with E-state index in [9.17, 15) is 14.0 Å². The van der Waals surface area contributed by atoms with Crippen LogP contribution >= 0.6 is 15.9 Å². The SMILES string of the molecule is COC(=O)c1ccccc1NC(=O)COc1ccc(F)cc1Br. The van der Waals surface area contributed by atoms with Crippen LogP contribution in [0, 0.1) is 5.82 Å². The van der Waals surface area contributed by atoms with Crippen LogP contribution < -0.4 is 10.1 Å². The number of amides is 1.